The second kappa shape index (κ2) is 8.77. The topological polar surface area (TPSA) is 121 Å². The summed E-state index contributed by atoms with van der Waals surface area (Å²) in [6.07, 6.45) is -3.30. The van der Waals surface area contributed by atoms with Gasteiger partial charge in [-0.1, -0.05) is 36.9 Å². The van der Waals surface area contributed by atoms with Gasteiger partial charge in [0.25, 0.3) is 0 Å². The molecule has 0 bridgehead atoms. The van der Waals surface area contributed by atoms with Gasteiger partial charge in [-0.2, -0.15) is 13.2 Å². The third-order valence-corrected chi connectivity index (χ3v) is 6.90. The number of nitrogens with one attached hydrogen (secondary N) is 1. The van der Waals surface area contributed by atoms with Crippen molar-refractivity contribution < 1.29 is 28.2 Å². The lowest BCUT2D eigenvalue weighted by Gasteiger charge is -2.31. The molecule has 1 aliphatic carbocycles. The Bertz CT molecular complexity index is 1030. The summed E-state index contributed by atoms with van der Waals surface area (Å²) in [5.74, 6) is -0.609. The van der Waals surface area contributed by atoms with Gasteiger partial charge in [0.1, 0.15) is 10.7 Å². The van der Waals surface area contributed by atoms with Crippen LogP contribution in [0.5, 0.6) is 0 Å². The van der Waals surface area contributed by atoms with E-state index in [1.807, 2.05) is 19.1 Å². The van der Waals surface area contributed by atoms with Crippen LogP contribution in [0.15, 0.2) is 46.5 Å². The van der Waals surface area contributed by atoms with Crippen LogP contribution >= 0.6 is 11.8 Å². The minimum absolute atomic E-state index is 0.0438. The zero-order chi connectivity index (χ0) is 24.8. The van der Waals surface area contributed by atoms with E-state index < -0.39 is 40.4 Å². The molecule has 33 heavy (non-hydrogen) atoms. The van der Waals surface area contributed by atoms with Crippen LogP contribution in [-0.2, 0) is 4.79 Å². The number of aromatic nitrogens is 1. The smallest absolute Gasteiger partial charge is 0.386 e. The molecule has 3 rings (SSSR count). The van der Waals surface area contributed by atoms with Gasteiger partial charge in [-0.15, -0.1) is 0 Å². The molecule has 0 saturated heterocycles. The summed E-state index contributed by atoms with van der Waals surface area (Å²) in [4.78, 5) is 19.5. The fourth-order valence-corrected chi connectivity index (χ4v) is 5.30. The Labute approximate surface area is 194 Å². The lowest BCUT2D eigenvalue weighted by Crippen LogP contribution is -2.47. The average Bonchev–Trinajstić information content (AvgIpc) is 3.03. The molecule has 0 spiro atoms. The van der Waals surface area contributed by atoms with Gasteiger partial charge in [-0.3, -0.25) is 9.79 Å². The number of carbonyl (C=O) groups excluding carboxylic acids is 1. The van der Waals surface area contributed by atoms with Crippen LogP contribution < -0.4 is 11.1 Å². The van der Waals surface area contributed by atoms with Crippen molar-refractivity contribution in [3.05, 3.63) is 47.2 Å². The normalized spacial score (nSPS) is 26.9. The molecule has 0 saturated carbocycles. The molecule has 0 aromatic carbocycles. The first-order valence-corrected chi connectivity index (χ1v) is 11.1. The number of aliphatic hydroxyl groups excluding tert-OH is 1. The third kappa shape index (κ3) is 5.42. The van der Waals surface area contributed by atoms with Gasteiger partial charge in [0.2, 0.25) is 5.91 Å². The number of nitrogens with zero attached hydrogens (tertiary/aromatic N) is 2. The van der Waals surface area contributed by atoms with Gasteiger partial charge < -0.3 is 21.3 Å². The Morgan fingerprint density at radius 1 is 1.33 bits per heavy atom. The minimum atomic E-state index is -4.86. The number of hydrogen-bond donors (Lipinski definition) is 4. The molecule has 2 heterocycles. The van der Waals surface area contributed by atoms with E-state index in [-0.39, 0.29) is 11.7 Å². The zero-order valence-corrected chi connectivity index (χ0v) is 19.5. The number of rotatable bonds is 6. The maximum Gasteiger partial charge on any atom is 0.420 e. The fraction of sp³-hybridized carbons (Fsp3) is 0.500. The van der Waals surface area contributed by atoms with E-state index in [0.717, 1.165) is 17.2 Å². The number of alkyl halides is 3. The molecule has 1 aliphatic heterocycles. The maximum absolute atomic E-state index is 12.9. The quantitative estimate of drug-likeness (QED) is 0.491. The van der Waals surface area contributed by atoms with Crippen LogP contribution in [0.3, 0.4) is 0 Å². The van der Waals surface area contributed by atoms with Gasteiger partial charge in [0, 0.05) is 0 Å². The predicted octanol–water partition coefficient (Wildman–Crippen LogP) is 3.47. The highest BCUT2D eigenvalue weighted by atomic mass is 32.2. The number of hydrogen-bond acceptors (Lipinski definition) is 7. The molecule has 5 N–H and O–H groups in total. The number of allylic oxidation sites excluding steroid dienone is 2. The number of halogens is 3. The lowest BCUT2D eigenvalue weighted by atomic mass is 9.80. The Hall–Kier alpha value is -2.37. The third-order valence-electron chi connectivity index (χ3n) is 5.59. The average molecular weight is 485 g/mol. The highest BCUT2D eigenvalue weighted by Crippen LogP contribution is 2.44. The summed E-state index contributed by atoms with van der Waals surface area (Å²) in [6, 6.07) is 2.83. The monoisotopic (exact) mass is 484 g/mol. The van der Waals surface area contributed by atoms with E-state index in [9.17, 15) is 28.2 Å². The summed E-state index contributed by atoms with van der Waals surface area (Å²) in [5.41, 5.74) is 5.81. The molecule has 1 aromatic rings. The van der Waals surface area contributed by atoms with Crippen molar-refractivity contribution in [2.24, 2.45) is 16.6 Å². The highest BCUT2D eigenvalue weighted by Gasteiger charge is 2.47. The number of anilines is 1. The van der Waals surface area contributed by atoms with Crippen molar-refractivity contribution in [2.75, 3.05) is 5.32 Å². The van der Waals surface area contributed by atoms with Crippen molar-refractivity contribution in [1.29, 1.82) is 0 Å². The van der Waals surface area contributed by atoms with Crippen molar-refractivity contribution in [3.63, 3.8) is 0 Å². The number of nitrogens with two attached hydrogens (primary N) is 1. The maximum atomic E-state index is 12.9. The molecule has 1 aromatic heterocycles. The molecule has 4 atom stereocenters. The molecule has 4 unspecified atom stereocenters. The van der Waals surface area contributed by atoms with Gasteiger partial charge in [0.05, 0.1) is 16.3 Å². The number of aliphatic imine (C=N–C) groups is 1. The number of pyridine rings is 1. The summed E-state index contributed by atoms with van der Waals surface area (Å²) in [5, 5.41) is 23.4. The Kier molecular flexibility index (Phi) is 6.71. The van der Waals surface area contributed by atoms with E-state index in [1.54, 1.807) is 20.8 Å². The molecule has 1 amide bonds. The van der Waals surface area contributed by atoms with Crippen LogP contribution in [-0.4, -0.2) is 48.8 Å². The zero-order valence-electron chi connectivity index (χ0n) is 18.6. The molecule has 0 radical (unpaired) electrons. The SMILES string of the molecule is CC1CC(C2=NC(C(N)=O)C(C)(Nc3cccc(C(O)C(F)(F)F)n3)S2)=CC=C1C(C)(C)O. The Morgan fingerprint density at radius 2 is 2.00 bits per heavy atom. The number of amides is 1. The van der Waals surface area contributed by atoms with Gasteiger partial charge in [-0.05, 0) is 56.4 Å². The van der Waals surface area contributed by atoms with Crippen LogP contribution in [0, 0.1) is 5.92 Å². The van der Waals surface area contributed by atoms with E-state index in [1.165, 1.54) is 23.9 Å². The van der Waals surface area contributed by atoms with Crippen LogP contribution in [0.4, 0.5) is 19.0 Å². The van der Waals surface area contributed by atoms with Crippen molar-refractivity contribution >= 4 is 28.5 Å². The lowest BCUT2D eigenvalue weighted by molar-refractivity contribution is -0.207. The van der Waals surface area contributed by atoms with E-state index in [2.05, 4.69) is 15.3 Å². The van der Waals surface area contributed by atoms with E-state index in [4.69, 9.17) is 5.73 Å². The molecule has 2 aliphatic rings. The summed E-state index contributed by atoms with van der Waals surface area (Å²) in [6.45, 7) is 7.10. The number of aliphatic hydroxyl groups is 2. The Morgan fingerprint density at radius 3 is 2.55 bits per heavy atom. The minimum Gasteiger partial charge on any atom is -0.386 e. The fourth-order valence-electron chi connectivity index (χ4n) is 4.02. The second-order valence-corrected chi connectivity index (χ2v) is 10.4. The van der Waals surface area contributed by atoms with Crippen molar-refractivity contribution in [2.45, 2.75) is 62.9 Å². The van der Waals surface area contributed by atoms with Crippen LogP contribution in [0.2, 0.25) is 0 Å². The standard InChI is InChI=1S/C22H27F3N4O3S/c1-11-10-12(8-9-13(11)20(2,3)32)19-28-16(18(26)31)21(4,33-19)29-15-7-5-6-14(27-15)17(30)22(23,24)25/h5-9,11,16-17,30,32H,10H2,1-4H3,(H2,26,31)(H,27,29). The molecule has 11 heteroatoms. The molecular weight excluding hydrogens is 457 g/mol. The molecule has 7 nitrogen and oxygen atoms in total. The predicted molar refractivity (Wildman–Crippen MR) is 122 cm³/mol. The summed E-state index contributed by atoms with van der Waals surface area (Å²) >= 11 is 1.23. The van der Waals surface area contributed by atoms with Crippen LogP contribution in [0.1, 0.15) is 45.9 Å². The first-order valence-electron chi connectivity index (χ1n) is 10.3. The number of carbonyl (C=O) groups is 1. The van der Waals surface area contributed by atoms with Gasteiger partial charge in [0.15, 0.2) is 12.1 Å². The van der Waals surface area contributed by atoms with Gasteiger partial charge >= 0.3 is 6.18 Å². The summed E-state index contributed by atoms with van der Waals surface area (Å²) < 4.78 is 38.7. The van der Waals surface area contributed by atoms with Crippen molar-refractivity contribution in [3.8, 4) is 0 Å². The number of primary amides is 1. The molecular formula is C22H27F3N4O3S. The Balaban J connectivity index is 1.87. The molecule has 0 fully saturated rings. The second-order valence-electron chi connectivity index (χ2n) is 8.94. The van der Waals surface area contributed by atoms with E-state index in [0.29, 0.717) is 11.5 Å². The van der Waals surface area contributed by atoms with Crippen molar-refractivity contribution in [1.82, 2.24) is 4.98 Å². The number of thioether (sulfide) groups is 1. The van der Waals surface area contributed by atoms with Crippen LogP contribution in [0.25, 0.3) is 0 Å². The first kappa shape index (κ1) is 25.3. The van der Waals surface area contributed by atoms with E-state index >= 15 is 0 Å². The van der Waals surface area contributed by atoms with Gasteiger partial charge in [-0.25, -0.2) is 4.98 Å². The summed E-state index contributed by atoms with van der Waals surface area (Å²) in [7, 11) is 0. The highest BCUT2D eigenvalue weighted by molar-refractivity contribution is 8.16. The first-order chi connectivity index (χ1) is 15.1. The molecule has 180 valence electrons. The largest absolute Gasteiger partial charge is 0.420 e.